The van der Waals surface area contributed by atoms with Crippen molar-refractivity contribution < 1.29 is 26.7 Å². The van der Waals surface area contributed by atoms with Gasteiger partial charge >= 0.3 is 0 Å². The molecule has 1 aliphatic rings. The summed E-state index contributed by atoms with van der Waals surface area (Å²) in [4.78, 5) is 11.5. The molecule has 1 unspecified atom stereocenters. The van der Waals surface area contributed by atoms with Gasteiger partial charge in [0, 0.05) is 6.54 Å². The quantitative estimate of drug-likeness (QED) is 0.842. The number of carbonyl (C=O) groups excluding carboxylic acids is 1. The van der Waals surface area contributed by atoms with Gasteiger partial charge in [-0.1, -0.05) is 25.1 Å². The molecule has 9 heteroatoms. The van der Waals surface area contributed by atoms with E-state index in [4.69, 9.17) is 4.74 Å². The van der Waals surface area contributed by atoms with Gasteiger partial charge in [0.25, 0.3) is 15.9 Å². The van der Waals surface area contributed by atoms with Crippen LogP contribution in [0.25, 0.3) is 0 Å². The highest BCUT2D eigenvalue weighted by Gasteiger charge is 2.38. The first-order chi connectivity index (χ1) is 12.9. The number of carbonyl (C=O) groups is 1. The smallest absolute Gasteiger partial charge is 0.267 e. The Morgan fingerprint density at radius 2 is 1.96 bits per heavy atom. The number of anilines is 1. The van der Waals surface area contributed by atoms with Gasteiger partial charge in [0.05, 0.1) is 12.2 Å². The van der Waals surface area contributed by atoms with Crippen molar-refractivity contribution in [1.82, 2.24) is 5.32 Å². The number of amides is 1. The first kappa shape index (κ1) is 19.1. The fraction of sp³-hybridized carbons (Fsp3) is 0.278. The Kier molecular flexibility index (Phi) is 5.31. The van der Waals surface area contributed by atoms with Crippen LogP contribution in [-0.2, 0) is 14.8 Å². The predicted octanol–water partition coefficient (Wildman–Crippen LogP) is 2.45. The second kappa shape index (κ2) is 7.51. The van der Waals surface area contributed by atoms with Crippen LogP contribution in [0.4, 0.5) is 14.5 Å². The second-order valence-corrected chi connectivity index (χ2v) is 7.78. The zero-order valence-electron chi connectivity index (χ0n) is 14.5. The molecule has 3 rings (SSSR count). The molecule has 6 nitrogen and oxygen atoms in total. The molecule has 0 bridgehead atoms. The average molecular weight is 396 g/mol. The number of nitrogens with one attached hydrogen (secondary N) is 1. The van der Waals surface area contributed by atoms with Crippen molar-refractivity contribution in [3.63, 3.8) is 0 Å². The molecule has 0 saturated carbocycles. The number of para-hydroxylation sites is 2. The lowest BCUT2D eigenvalue weighted by Crippen LogP contribution is -2.50. The first-order valence-corrected chi connectivity index (χ1v) is 9.80. The van der Waals surface area contributed by atoms with Crippen molar-refractivity contribution in [1.29, 1.82) is 0 Å². The molecule has 0 fully saturated rings. The van der Waals surface area contributed by atoms with Crippen LogP contribution in [0.2, 0.25) is 0 Å². The van der Waals surface area contributed by atoms with E-state index in [-0.39, 0.29) is 18.0 Å². The van der Waals surface area contributed by atoms with E-state index in [1.807, 2.05) is 6.92 Å². The average Bonchev–Trinajstić information content (AvgIpc) is 2.67. The Labute approximate surface area is 155 Å². The number of halogens is 2. The van der Waals surface area contributed by atoms with Crippen LogP contribution in [0.1, 0.15) is 13.3 Å². The molecular weight excluding hydrogens is 378 g/mol. The molecule has 0 aromatic heterocycles. The normalized spacial score (nSPS) is 16.4. The van der Waals surface area contributed by atoms with E-state index in [1.165, 1.54) is 12.1 Å². The summed E-state index contributed by atoms with van der Waals surface area (Å²) < 4.78 is 60.3. The van der Waals surface area contributed by atoms with Crippen LogP contribution in [0.3, 0.4) is 0 Å². The molecular formula is C18H18F2N2O4S. The van der Waals surface area contributed by atoms with Crippen molar-refractivity contribution in [3.8, 4) is 5.75 Å². The number of nitrogens with zero attached hydrogens (tertiary/aromatic N) is 1. The fourth-order valence-corrected chi connectivity index (χ4v) is 4.28. The Balaban J connectivity index is 2.04. The summed E-state index contributed by atoms with van der Waals surface area (Å²) in [6, 6.07) is 9.13. The van der Waals surface area contributed by atoms with Crippen LogP contribution < -0.4 is 14.4 Å². The topological polar surface area (TPSA) is 75.7 Å². The Morgan fingerprint density at radius 1 is 1.22 bits per heavy atom. The minimum atomic E-state index is -4.46. The summed E-state index contributed by atoms with van der Waals surface area (Å²) in [5.74, 6) is -3.05. The van der Waals surface area contributed by atoms with Gasteiger partial charge in [0.1, 0.15) is 10.6 Å². The van der Waals surface area contributed by atoms with Gasteiger partial charge in [0.2, 0.25) is 0 Å². The molecule has 144 valence electrons. The van der Waals surface area contributed by atoms with E-state index in [9.17, 15) is 22.0 Å². The highest BCUT2D eigenvalue weighted by molar-refractivity contribution is 7.92. The molecule has 2 aromatic carbocycles. The monoisotopic (exact) mass is 396 g/mol. The van der Waals surface area contributed by atoms with Gasteiger partial charge in [-0.05, 0) is 30.7 Å². The summed E-state index contributed by atoms with van der Waals surface area (Å²) in [6.07, 6.45) is -0.413. The van der Waals surface area contributed by atoms with E-state index in [0.29, 0.717) is 13.0 Å². The van der Waals surface area contributed by atoms with Crippen molar-refractivity contribution in [2.24, 2.45) is 0 Å². The maximum absolute atomic E-state index is 14.2. The van der Waals surface area contributed by atoms with Gasteiger partial charge < -0.3 is 10.1 Å². The van der Waals surface area contributed by atoms with Crippen molar-refractivity contribution >= 4 is 21.6 Å². The van der Waals surface area contributed by atoms with E-state index < -0.39 is 38.6 Å². The van der Waals surface area contributed by atoms with Crippen LogP contribution in [0, 0.1) is 11.6 Å². The third-order valence-electron chi connectivity index (χ3n) is 4.06. The third kappa shape index (κ3) is 3.59. The summed E-state index contributed by atoms with van der Waals surface area (Å²) in [7, 11) is -4.46. The first-order valence-electron chi connectivity index (χ1n) is 8.36. The minimum Gasteiger partial charge on any atom is -0.476 e. The van der Waals surface area contributed by atoms with Gasteiger partial charge in [-0.2, -0.15) is 0 Å². The number of benzene rings is 2. The van der Waals surface area contributed by atoms with Crippen molar-refractivity contribution in [2.75, 3.05) is 17.4 Å². The van der Waals surface area contributed by atoms with Crippen LogP contribution in [0.15, 0.2) is 47.4 Å². The molecule has 0 spiro atoms. The number of hydrogen-bond acceptors (Lipinski definition) is 4. The molecule has 1 aliphatic heterocycles. The number of fused-ring (bicyclic) bond motifs is 1. The molecule has 1 heterocycles. The van der Waals surface area contributed by atoms with E-state index >= 15 is 0 Å². The molecule has 0 radical (unpaired) electrons. The van der Waals surface area contributed by atoms with Crippen LogP contribution in [-0.4, -0.2) is 33.5 Å². The minimum absolute atomic E-state index is 0.153. The maximum atomic E-state index is 14.2. The second-order valence-electron chi connectivity index (χ2n) is 5.95. The zero-order valence-corrected chi connectivity index (χ0v) is 15.3. The number of rotatable bonds is 5. The number of hydrogen-bond donors (Lipinski definition) is 1. The van der Waals surface area contributed by atoms with Gasteiger partial charge in [-0.15, -0.1) is 0 Å². The predicted molar refractivity (Wildman–Crippen MR) is 95.0 cm³/mol. The Morgan fingerprint density at radius 3 is 2.70 bits per heavy atom. The molecule has 1 atom stereocenters. The molecule has 27 heavy (non-hydrogen) atoms. The molecule has 0 saturated heterocycles. The van der Waals surface area contributed by atoms with Crippen molar-refractivity contribution in [3.05, 3.63) is 54.1 Å². The van der Waals surface area contributed by atoms with Crippen LogP contribution in [0.5, 0.6) is 5.75 Å². The summed E-state index contributed by atoms with van der Waals surface area (Å²) in [5, 5.41) is 2.65. The van der Waals surface area contributed by atoms with E-state index in [1.54, 1.807) is 12.1 Å². The Bertz CT molecular complexity index is 966. The van der Waals surface area contributed by atoms with E-state index in [0.717, 1.165) is 22.5 Å². The highest BCUT2D eigenvalue weighted by Crippen LogP contribution is 2.37. The van der Waals surface area contributed by atoms with Crippen molar-refractivity contribution in [2.45, 2.75) is 24.3 Å². The molecule has 1 N–H and O–H groups in total. The largest absolute Gasteiger partial charge is 0.476 e. The van der Waals surface area contributed by atoms with Gasteiger partial charge in [-0.3, -0.25) is 9.10 Å². The molecule has 0 aliphatic carbocycles. The van der Waals surface area contributed by atoms with Gasteiger partial charge in [-0.25, -0.2) is 17.2 Å². The lowest BCUT2D eigenvalue weighted by molar-refractivity contribution is -0.127. The highest BCUT2D eigenvalue weighted by atomic mass is 32.2. The Hall–Kier alpha value is -2.68. The molecule has 2 aromatic rings. The summed E-state index contributed by atoms with van der Waals surface area (Å²) in [5.41, 5.74) is 0.153. The SMILES string of the molecule is CCCNC(=O)C1CN(S(=O)(=O)c2cccc(F)c2F)c2ccccc2O1. The van der Waals surface area contributed by atoms with Gasteiger partial charge in [0.15, 0.2) is 17.7 Å². The lowest BCUT2D eigenvalue weighted by Gasteiger charge is -2.34. The standard InChI is InChI=1S/C18H18F2N2O4S/c1-2-10-21-18(23)15-11-22(13-7-3-4-8-14(13)26-15)27(24,25)16-9-5-6-12(19)17(16)20/h3-9,15H,2,10-11H2,1H3,(H,21,23). The lowest BCUT2D eigenvalue weighted by atomic mass is 10.2. The number of sulfonamides is 1. The summed E-state index contributed by atoms with van der Waals surface area (Å²) >= 11 is 0. The fourth-order valence-electron chi connectivity index (χ4n) is 2.73. The maximum Gasteiger partial charge on any atom is 0.267 e. The third-order valence-corrected chi connectivity index (χ3v) is 5.86. The number of ether oxygens (including phenoxy) is 1. The summed E-state index contributed by atoms with van der Waals surface area (Å²) in [6.45, 7) is 1.93. The van der Waals surface area contributed by atoms with Crippen LogP contribution >= 0.6 is 0 Å². The van der Waals surface area contributed by atoms with E-state index in [2.05, 4.69) is 5.32 Å². The molecule has 1 amide bonds. The zero-order chi connectivity index (χ0) is 19.6.